The second-order valence-corrected chi connectivity index (χ2v) is 7.76. The van der Waals surface area contributed by atoms with E-state index >= 15 is 0 Å². The summed E-state index contributed by atoms with van der Waals surface area (Å²) in [4.78, 5) is 26.7. The third kappa shape index (κ3) is 3.73. The summed E-state index contributed by atoms with van der Waals surface area (Å²) in [6.45, 7) is 4.70. The number of thiophene rings is 1. The lowest BCUT2D eigenvalue weighted by molar-refractivity contribution is -0.130. The Morgan fingerprint density at radius 2 is 1.85 bits per heavy atom. The third-order valence-corrected chi connectivity index (χ3v) is 6.05. The summed E-state index contributed by atoms with van der Waals surface area (Å²) in [5.41, 5.74) is 1.03. The lowest BCUT2D eigenvalue weighted by Gasteiger charge is -2.35. The molecule has 27 heavy (non-hydrogen) atoms. The molecule has 1 aliphatic heterocycles. The molecule has 3 heterocycles. The van der Waals surface area contributed by atoms with Gasteiger partial charge >= 0.3 is 6.01 Å². The average molecular weight is 381 g/mol. The van der Waals surface area contributed by atoms with Crippen LogP contribution in [0, 0.1) is 0 Å². The van der Waals surface area contributed by atoms with Crippen LogP contribution in [0.15, 0.2) is 36.4 Å². The van der Waals surface area contributed by atoms with Crippen molar-refractivity contribution in [3.8, 4) is 6.01 Å². The first-order valence-electron chi connectivity index (χ1n) is 9.18. The summed E-state index contributed by atoms with van der Waals surface area (Å²) >= 11 is 1.55. The fourth-order valence-corrected chi connectivity index (χ4v) is 4.36. The van der Waals surface area contributed by atoms with Gasteiger partial charge in [-0.05, 0) is 18.1 Å². The highest BCUT2D eigenvalue weighted by atomic mass is 32.1. The van der Waals surface area contributed by atoms with E-state index in [1.54, 1.807) is 11.3 Å². The second kappa shape index (κ2) is 7.52. The molecule has 0 unspecified atom stereocenters. The number of aryl methyl sites for hydroxylation is 1. The van der Waals surface area contributed by atoms with Gasteiger partial charge in [0.25, 0.3) is 0 Å². The number of anilines is 1. The van der Waals surface area contributed by atoms with E-state index in [2.05, 4.69) is 27.9 Å². The van der Waals surface area contributed by atoms with E-state index in [0.29, 0.717) is 38.4 Å². The number of carbonyl (C=O) groups is 1. The topological polar surface area (TPSA) is 69.2 Å². The first-order chi connectivity index (χ1) is 13.1. The van der Waals surface area contributed by atoms with Gasteiger partial charge in [-0.15, -0.1) is 11.3 Å². The van der Waals surface area contributed by atoms with E-state index in [1.165, 1.54) is 4.88 Å². The van der Waals surface area contributed by atoms with Gasteiger partial charge < -0.3 is 9.80 Å². The van der Waals surface area contributed by atoms with Crippen LogP contribution in [0.3, 0.4) is 0 Å². The van der Waals surface area contributed by atoms with Crippen molar-refractivity contribution in [1.82, 2.24) is 14.9 Å². The number of hydrogen-bond acceptors (Lipinski definition) is 5. The summed E-state index contributed by atoms with van der Waals surface area (Å²) in [5, 5.41) is 12.9. The highest BCUT2D eigenvalue weighted by Crippen LogP contribution is 2.33. The Morgan fingerprint density at radius 3 is 2.56 bits per heavy atom. The van der Waals surface area contributed by atoms with Crippen molar-refractivity contribution < 1.29 is 9.90 Å². The van der Waals surface area contributed by atoms with E-state index in [0.717, 1.165) is 22.2 Å². The molecule has 0 N–H and O–H groups in total. The standard InChI is InChI=1S/C20H21N4O2S/c1-2-15-13-16-18(21-20(26)22-19(16)27-15)24-10-8-23(9-11-24)17(25)12-14-6-4-3-5-7-14/h3-7,13H,2,8-12H2,1H3. The second-order valence-electron chi connectivity index (χ2n) is 6.65. The maximum atomic E-state index is 12.6. The highest BCUT2D eigenvalue weighted by Gasteiger charge is 2.24. The number of amides is 1. The minimum Gasteiger partial charge on any atom is -0.352 e. The summed E-state index contributed by atoms with van der Waals surface area (Å²) in [6, 6.07) is 11.5. The quantitative estimate of drug-likeness (QED) is 0.695. The van der Waals surface area contributed by atoms with Crippen LogP contribution in [0.4, 0.5) is 5.82 Å². The highest BCUT2D eigenvalue weighted by molar-refractivity contribution is 7.18. The van der Waals surface area contributed by atoms with Crippen LogP contribution < -0.4 is 4.90 Å². The molecule has 0 atom stereocenters. The summed E-state index contributed by atoms with van der Waals surface area (Å²) in [7, 11) is 0. The Kier molecular flexibility index (Phi) is 4.94. The van der Waals surface area contributed by atoms with Crippen molar-refractivity contribution in [2.75, 3.05) is 31.1 Å². The van der Waals surface area contributed by atoms with Gasteiger partial charge in [0, 0.05) is 31.1 Å². The van der Waals surface area contributed by atoms with Crippen LogP contribution in [0.5, 0.6) is 6.01 Å². The lowest BCUT2D eigenvalue weighted by atomic mass is 10.1. The molecule has 139 valence electrons. The third-order valence-electron chi connectivity index (χ3n) is 4.88. The van der Waals surface area contributed by atoms with Crippen LogP contribution in [0.2, 0.25) is 0 Å². The Labute approximate surface area is 162 Å². The van der Waals surface area contributed by atoms with Gasteiger partial charge in [0.15, 0.2) is 0 Å². The normalized spacial score (nSPS) is 14.7. The van der Waals surface area contributed by atoms with E-state index in [9.17, 15) is 9.90 Å². The van der Waals surface area contributed by atoms with Gasteiger partial charge in [0.2, 0.25) is 5.91 Å². The largest absolute Gasteiger partial charge is 0.370 e. The SMILES string of the molecule is CCc1cc2c(N3CCN(C(=O)Cc4ccccc4)CC3)nc([O])nc2s1. The van der Waals surface area contributed by atoms with Gasteiger partial charge in [-0.2, -0.15) is 9.97 Å². The van der Waals surface area contributed by atoms with Crippen LogP contribution in [-0.2, 0) is 22.7 Å². The van der Waals surface area contributed by atoms with Crippen molar-refractivity contribution in [3.63, 3.8) is 0 Å². The monoisotopic (exact) mass is 381 g/mol. The number of carbonyl (C=O) groups excluding carboxylic acids is 1. The fourth-order valence-electron chi connectivity index (χ4n) is 3.40. The molecule has 3 aromatic rings. The molecule has 1 aromatic carbocycles. The van der Waals surface area contributed by atoms with Crippen LogP contribution >= 0.6 is 11.3 Å². The van der Waals surface area contributed by atoms with Crippen molar-refractivity contribution in [2.45, 2.75) is 19.8 Å². The molecule has 0 saturated carbocycles. The lowest BCUT2D eigenvalue weighted by Crippen LogP contribution is -2.49. The number of fused-ring (bicyclic) bond motifs is 1. The Morgan fingerprint density at radius 1 is 1.11 bits per heavy atom. The molecule has 4 rings (SSSR count). The van der Waals surface area contributed by atoms with Crippen LogP contribution in [0.25, 0.3) is 10.2 Å². The molecule has 2 aromatic heterocycles. The van der Waals surface area contributed by atoms with E-state index in [4.69, 9.17) is 0 Å². The molecular formula is C20H21N4O2S. The first kappa shape index (κ1) is 17.7. The zero-order valence-electron chi connectivity index (χ0n) is 15.2. The number of piperazine rings is 1. The summed E-state index contributed by atoms with van der Waals surface area (Å²) in [6.07, 6.45) is 1.34. The molecule has 1 saturated heterocycles. The Balaban J connectivity index is 1.47. The molecular weight excluding hydrogens is 360 g/mol. The van der Waals surface area contributed by atoms with Crippen molar-refractivity contribution in [1.29, 1.82) is 0 Å². The van der Waals surface area contributed by atoms with Crippen LogP contribution in [0.1, 0.15) is 17.4 Å². The number of nitrogens with zero attached hydrogens (tertiary/aromatic N) is 4. The number of aromatic nitrogens is 2. The van der Waals surface area contributed by atoms with E-state index in [1.807, 2.05) is 35.2 Å². The molecule has 1 amide bonds. The zero-order valence-corrected chi connectivity index (χ0v) is 16.0. The molecule has 1 aliphatic rings. The summed E-state index contributed by atoms with van der Waals surface area (Å²) < 4.78 is 0. The Bertz CT molecular complexity index is 949. The predicted molar refractivity (Wildman–Crippen MR) is 106 cm³/mol. The van der Waals surface area contributed by atoms with Crippen molar-refractivity contribution in [3.05, 3.63) is 46.8 Å². The first-order valence-corrected chi connectivity index (χ1v) is 10.00. The number of hydrogen-bond donors (Lipinski definition) is 0. The zero-order chi connectivity index (χ0) is 18.8. The van der Waals surface area contributed by atoms with Crippen molar-refractivity contribution in [2.24, 2.45) is 0 Å². The van der Waals surface area contributed by atoms with Crippen molar-refractivity contribution >= 4 is 33.3 Å². The molecule has 6 nitrogen and oxygen atoms in total. The van der Waals surface area contributed by atoms with Gasteiger partial charge in [0.05, 0.1) is 11.8 Å². The fraction of sp³-hybridized carbons (Fsp3) is 0.350. The maximum absolute atomic E-state index is 12.6. The van der Waals surface area contributed by atoms with Gasteiger partial charge in [0.1, 0.15) is 10.6 Å². The predicted octanol–water partition coefficient (Wildman–Crippen LogP) is 3.29. The van der Waals surface area contributed by atoms with Gasteiger partial charge in [-0.25, -0.2) is 5.11 Å². The van der Waals surface area contributed by atoms with E-state index < -0.39 is 6.01 Å². The average Bonchev–Trinajstić information content (AvgIpc) is 3.11. The van der Waals surface area contributed by atoms with Gasteiger partial charge in [-0.1, -0.05) is 37.3 Å². The molecule has 0 aliphatic carbocycles. The Hall–Kier alpha value is -2.67. The molecule has 1 fully saturated rings. The molecule has 0 bridgehead atoms. The number of benzene rings is 1. The maximum Gasteiger partial charge on any atom is 0.370 e. The smallest absolute Gasteiger partial charge is 0.352 e. The molecule has 0 spiro atoms. The minimum atomic E-state index is -0.440. The molecule has 1 radical (unpaired) electrons. The number of rotatable bonds is 4. The minimum absolute atomic E-state index is 0.141. The van der Waals surface area contributed by atoms with Gasteiger partial charge in [-0.3, -0.25) is 4.79 Å². The summed E-state index contributed by atoms with van der Waals surface area (Å²) in [5.74, 6) is 0.845. The van der Waals surface area contributed by atoms with E-state index in [-0.39, 0.29) is 5.91 Å². The van der Waals surface area contributed by atoms with Crippen LogP contribution in [-0.4, -0.2) is 47.0 Å². The molecule has 7 heteroatoms.